The molecule has 5 heteroatoms. The first kappa shape index (κ1) is 19.1. The first-order chi connectivity index (χ1) is 13.7. The molecule has 3 fully saturated rings. The Morgan fingerprint density at radius 1 is 1.17 bits per heavy atom. The van der Waals surface area contributed by atoms with Gasteiger partial charge >= 0.3 is 11.9 Å². The minimum atomic E-state index is -0.392. The lowest BCUT2D eigenvalue weighted by Crippen LogP contribution is -2.53. The Morgan fingerprint density at radius 3 is 2.66 bits per heavy atom. The number of rotatable bonds is 1. The van der Waals surface area contributed by atoms with Crippen LogP contribution in [0.3, 0.4) is 0 Å². The van der Waals surface area contributed by atoms with Crippen molar-refractivity contribution >= 4 is 17.7 Å². The van der Waals surface area contributed by atoms with Gasteiger partial charge in [0, 0.05) is 23.7 Å². The van der Waals surface area contributed by atoms with Gasteiger partial charge < -0.3 is 9.47 Å². The second kappa shape index (κ2) is 6.05. The third kappa shape index (κ3) is 2.36. The van der Waals surface area contributed by atoms with Crippen molar-refractivity contribution in [3.05, 3.63) is 23.3 Å². The summed E-state index contributed by atoms with van der Waals surface area (Å²) in [4.78, 5) is 37.1. The molecule has 0 amide bonds. The van der Waals surface area contributed by atoms with Crippen LogP contribution in [-0.4, -0.2) is 30.4 Å². The predicted octanol–water partition coefficient (Wildman–Crippen LogP) is 3.91. The lowest BCUT2D eigenvalue weighted by Gasteiger charge is -2.56. The van der Waals surface area contributed by atoms with Gasteiger partial charge in [-0.2, -0.15) is 0 Å². The predicted molar refractivity (Wildman–Crippen MR) is 106 cm³/mol. The van der Waals surface area contributed by atoms with E-state index in [1.54, 1.807) is 6.08 Å². The number of hydrogen-bond acceptors (Lipinski definition) is 5. The van der Waals surface area contributed by atoms with Crippen LogP contribution in [0.5, 0.6) is 0 Å². The molecule has 29 heavy (non-hydrogen) atoms. The lowest BCUT2D eigenvalue weighted by molar-refractivity contribution is -0.163. The highest BCUT2D eigenvalue weighted by Gasteiger charge is 2.67. The van der Waals surface area contributed by atoms with Gasteiger partial charge in [-0.15, -0.1) is 0 Å². The standard InChI is InChI=1S/C24H30O5/c1-22-8-4-15(25)12-14(22)13-16(21(27)28-3)20-17(22)5-9-23(2)18(20)6-10-24(23)11-7-19(26)29-24/h5,12,16,18,20H,4,6-11,13H2,1-3H3/t16-,18?,20?,22+,23+,24-/m1/s1. The summed E-state index contributed by atoms with van der Waals surface area (Å²) in [5, 5.41) is 0. The fraction of sp³-hybridized carbons (Fsp3) is 0.708. The van der Waals surface area contributed by atoms with E-state index in [1.807, 2.05) is 0 Å². The molecule has 0 aromatic carbocycles. The van der Waals surface area contributed by atoms with Gasteiger partial charge in [-0.3, -0.25) is 14.4 Å². The molecule has 5 nitrogen and oxygen atoms in total. The molecule has 2 saturated carbocycles. The Balaban J connectivity index is 1.63. The Bertz CT molecular complexity index is 868. The zero-order valence-electron chi connectivity index (χ0n) is 17.6. The molecular weight excluding hydrogens is 368 g/mol. The van der Waals surface area contributed by atoms with Crippen molar-refractivity contribution in [2.75, 3.05) is 7.11 Å². The molecule has 1 aliphatic heterocycles. The summed E-state index contributed by atoms with van der Waals surface area (Å²) in [6.07, 6.45) is 10.1. The highest BCUT2D eigenvalue weighted by Crippen LogP contribution is 2.69. The van der Waals surface area contributed by atoms with Crippen molar-refractivity contribution in [3.63, 3.8) is 0 Å². The van der Waals surface area contributed by atoms with Crippen LogP contribution in [0.15, 0.2) is 23.3 Å². The van der Waals surface area contributed by atoms with Crippen molar-refractivity contribution in [1.29, 1.82) is 0 Å². The van der Waals surface area contributed by atoms with E-state index in [-0.39, 0.29) is 46.3 Å². The summed E-state index contributed by atoms with van der Waals surface area (Å²) < 4.78 is 11.2. The Labute approximate surface area is 171 Å². The van der Waals surface area contributed by atoms with Crippen LogP contribution < -0.4 is 0 Å². The molecule has 0 aromatic heterocycles. The smallest absolute Gasteiger partial charge is 0.309 e. The average molecular weight is 398 g/mol. The van der Waals surface area contributed by atoms with Gasteiger partial charge in [0.05, 0.1) is 13.0 Å². The summed E-state index contributed by atoms with van der Waals surface area (Å²) in [5.74, 6) is 0.00356. The normalized spacial score (nSPS) is 45.7. The molecule has 6 atom stereocenters. The molecule has 0 bridgehead atoms. The van der Waals surface area contributed by atoms with Gasteiger partial charge in [-0.05, 0) is 56.4 Å². The minimum Gasteiger partial charge on any atom is -0.469 e. The number of fused-ring (bicyclic) bond motifs is 6. The Kier molecular flexibility index (Phi) is 3.98. The molecular formula is C24H30O5. The van der Waals surface area contributed by atoms with E-state index in [1.165, 1.54) is 12.7 Å². The van der Waals surface area contributed by atoms with Crippen LogP contribution in [0.25, 0.3) is 0 Å². The number of ether oxygens (including phenoxy) is 2. The van der Waals surface area contributed by atoms with Crippen molar-refractivity contribution < 1.29 is 23.9 Å². The first-order valence-electron chi connectivity index (χ1n) is 11.0. The van der Waals surface area contributed by atoms with E-state index < -0.39 is 5.60 Å². The van der Waals surface area contributed by atoms with Gasteiger partial charge in [-0.25, -0.2) is 0 Å². The molecule has 156 valence electrons. The summed E-state index contributed by atoms with van der Waals surface area (Å²) in [6.45, 7) is 4.52. The topological polar surface area (TPSA) is 69.7 Å². The number of esters is 2. The Morgan fingerprint density at radius 2 is 1.97 bits per heavy atom. The fourth-order valence-electron chi connectivity index (χ4n) is 7.53. The van der Waals surface area contributed by atoms with E-state index in [9.17, 15) is 14.4 Å². The minimum absolute atomic E-state index is 0.0854. The second-order valence-corrected chi connectivity index (χ2v) is 10.2. The van der Waals surface area contributed by atoms with Crippen molar-refractivity contribution in [3.8, 4) is 0 Å². The van der Waals surface area contributed by atoms with Crippen molar-refractivity contribution in [1.82, 2.24) is 0 Å². The highest BCUT2D eigenvalue weighted by atomic mass is 16.6. The van der Waals surface area contributed by atoms with Crippen LogP contribution in [0.4, 0.5) is 0 Å². The van der Waals surface area contributed by atoms with Gasteiger partial charge in [0.25, 0.3) is 0 Å². The van der Waals surface area contributed by atoms with E-state index >= 15 is 0 Å². The number of carbonyl (C=O) groups excluding carboxylic acids is 3. The third-order valence-corrected chi connectivity index (χ3v) is 9.23. The lowest BCUT2D eigenvalue weighted by atomic mass is 9.48. The quantitative estimate of drug-likeness (QED) is 0.495. The van der Waals surface area contributed by atoms with Gasteiger partial charge in [0.15, 0.2) is 5.78 Å². The van der Waals surface area contributed by atoms with E-state index in [4.69, 9.17) is 9.47 Å². The maximum Gasteiger partial charge on any atom is 0.309 e. The SMILES string of the molecule is COC(=O)[C@@H]1CC2=CC(=O)CC[C@]2(C)C2=CC[C@@]3(C)C(CC[C@@]34CCC(=O)O4)C21. The number of hydrogen-bond donors (Lipinski definition) is 0. The molecule has 1 spiro atoms. The zero-order valence-corrected chi connectivity index (χ0v) is 17.6. The fourth-order valence-corrected chi connectivity index (χ4v) is 7.53. The summed E-state index contributed by atoms with van der Waals surface area (Å²) in [7, 11) is 1.46. The monoisotopic (exact) mass is 398 g/mol. The second-order valence-electron chi connectivity index (χ2n) is 10.2. The average Bonchev–Trinajstić information content (AvgIpc) is 3.22. The van der Waals surface area contributed by atoms with E-state index in [0.29, 0.717) is 19.3 Å². The summed E-state index contributed by atoms with van der Waals surface area (Å²) in [6, 6.07) is 0. The van der Waals surface area contributed by atoms with Crippen molar-refractivity contribution in [2.24, 2.45) is 28.6 Å². The van der Waals surface area contributed by atoms with E-state index in [2.05, 4.69) is 19.9 Å². The number of ketones is 1. The molecule has 1 saturated heterocycles. The zero-order chi connectivity index (χ0) is 20.6. The number of methoxy groups -OCH3 is 1. The van der Waals surface area contributed by atoms with Gasteiger partial charge in [0.1, 0.15) is 5.60 Å². The van der Waals surface area contributed by atoms with Gasteiger partial charge in [0.2, 0.25) is 0 Å². The van der Waals surface area contributed by atoms with Crippen LogP contribution >= 0.6 is 0 Å². The van der Waals surface area contributed by atoms with E-state index in [0.717, 1.165) is 37.7 Å². The van der Waals surface area contributed by atoms with Crippen LogP contribution in [-0.2, 0) is 23.9 Å². The summed E-state index contributed by atoms with van der Waals surface area (Å²) in [5.41, 5.74) is 1.72. The molecule has 5 rings (SSSR count). The molecule has 0 N–H and O–H groups in total. The molecule has 0 aromatic rings. The first-order valence-corrected chi connectivity index (χ1v) is 11.0. The summed E-state index contributed by atoms with van der Waals surface area (Å²) >= 11 is 0. The highest BCUT2D eigenvalue weighted by molar-refractivity contribution is 5.92. The van der Waals surface area contributed by atoms with Gasteiger partial charge in [-0.1, -0.05) is 31.1 Å². The molecule has 0 radical (unpaired) electrons. The van der Waals surface area contributed by atoms with Crippen LogP contribution in [0.1, 0.15) is 65.2 Å². The largest absolute Gasteiger partial charge is 0.469 e. The van der Waals surface area contributed by atoms with Crippen LogP contribution in [0.2, 0.25) is 0 Å². The molecule has 2 unspecified atom stereocenters. The third-order valence-electron chi connectivity index (χ3n) is 9.23. The maximum absolute atomic E-state index is 12.9. The Hall–Kier alpha value is -1.91. The van der Waals surface area contributed by atoms with Crippen LogP contribution in [0, 0.1) is 28.6 Å². The maximum atomic E-state index is 12.9. The number of carbonyl (C=O) groups is 3. The molecule has 4 aliphatic carbocycles. The number of allylic oxidation sites excluding steroid dienone is 4. The molecule has 1 heterocycles. The van der Waals surface area contributed by atoms with Crippen molar-refractivity contribution in [2.45, 2.75) is 70.8 Å². The molecule has 5 aliphatic rings.